The molecule has 0 radical (unpaired) electrons. The van der Waals surface area contributed by atoms with Crippen molar-refractivity contribution in [3.8, 4) is 0 Å². The Bertz CT molecular complexity index is 434. The van der Waals surface area contributed by atoms with Crippen molar-refractivity contribution >= 4 is 5.91 Å². The van der Waals surface area contributed by atoms with E-state index >= 15 is 0 Å². The second-order valence-corrected chi connectivity index (χ2v) is 4.74. The van der Waals surface area contributed by atoms with Gasteiger partial charge in [0.15, 0.2) is 0 Å². The summed E-state index contributed by atoms with van der Waals surface area (Å²) in [6.07, 6.45) is -0.0643. The number of morpholine rings is 1. The lowest BCUT2D eigenvalue weighted by Gasteiger charge is -2.44. The first-order valence-electron chi connectivity index (χ1n) is 6.22. The second kappa shape index (κ2) is 4.71. The number of benzene rings is 1. The Kier molecular flexibility index (Phi) is 3.41. The Balaban J connectivity index is 2.35. The topological polar surface area (TPSA) is 49.8 Å². The molecule has 1 amide bonds. The number of aliphatic hydroxyl groups is 1. The molecule has 1 heterocycles. The number of likely N-dealkylation sites (N-methyl/N-ethyl adjacent to an activating group) is 1. The minimum atomic E-state index is -1.71. The SMILES string of the molecule is CC[C@]1(O)O[C@H](c2ccccc2)[C@H](C)N(C)C1=O. The molecule has 1 aliphatic heterocycles. The normalized spacial score (nSPS) is 32.7. The van der Waals surface area contributed by atoms with Gasteiger partial charge in [-0.3, -0.25) is 4.79 Å². The molecule has 1 aromatic rings. The first kappa shape index (κ1) is 13.1. The molecule has 1 fully saturated rings. The highest BCUT2D eigenvalue weighted by atomic mass is 16.6. The van der Waals surface area contributed by atoms with Gasteiger partial charge in [-0.1, -0.05) is 37.3 Å². The van der Waals surface area contributed by atoms with E-state index in [4.69, 9.17) is 4.74 Å². The number of ether oxygens (including phenoxy) is 1. The number of carbonyl (C=O) groups excluding carboxylic acids is 1. The molecule has 18 heavy (non-hydrogen) atoms. The number of hydrogen-bond donors (Lipinski definition) is 1. The summed E-state index contributed by atoms with van der Waals surface area (Å²) >= 11 is 0. The first-order valence-corrected chi connectivity index (χ1v) is 6.22. The van der Waals surface area contributed by atoms with Gasteiger partial charge in [-0.25, -0.2) is 0 Å². The summed E-state index contributed by atoms with van der Waals surface area (Å²) < 4.78 is 5.67. The first-order chi connectivity index (χ1) is 8.49. The monoisotopic (exact) mass is 249 g/mol. The van der Waals surface area contributed by atoms with Crippen LogP contribution in [0.2, 0.25) is 0 Å². The molecule has 1 aliphatic rings. The largest absolute Gasteiger partial charge is 0.358 e. The molecular formula is C14H19NO3. The second-order valence-electron chi connectivity index (χ2n) is 4.74. The minimum Gasteiger partial charge on any atom is -0.358 e. The molecule has 1 N–H and O–H groups in total. The molecule has 1 aromatic carbocycles. The van der Waals surface area contributed by atoms with Crippen LogP contribution >= 0.6 is 0 Å². The number of rotatable bonds is 2. The highest BCUT2D eigenvalue weighted by molar-refractivity contribution is 5.84. The Morgan fingerprint density at radius 1 is 1.39 bits per heavy atom. The van der Waals surface area contributed by atoms with E-state index in [1.807, 2.05) is 37.3 Å². The maximum atomic E-state index is 12.0. The Morgan fingerprint density at radius 2 is 2.00 bits per heavy atom. The zero-order valence-electron chi connectivity index (χ0n) is 11.0. The fraction of sp³-hybridized carbons (Fsp3) is 0.500. The highest BCUT2D eigenvalue weighted by Crippen LogP contribution is 2.35. The molecule has 0 saturated carbocycles. The molecule has 0 spiro atoms. The number of nitrogens with zero attached hydrogens (tertiary/aromatic N) is 1. The van der Waals surface area contributed by atoms with Crippen molar-refractivity contribution in [2.24, 2.45) is 0 Å². The fourth-order valence-corrected chi connectivity index (χ4v) is 2.25. The highest BCUT2D eigenvalue weighted by Gasteiger charge is 2.48. The summed E-state index contributed by atoms with van der Waals surface area (Å²) in [5.74, 6) is -2.08. The van der Waals surface area contributed by atoms with Crippen LogP contribution in [0.5, 0.6) is 0 Å². The van der Waals surface area contributed by atoms with Crippen LogP contribution < -0.4 is 0 Å². The van der Waals surface area contributed by atoms with Gasteiger partial charge in [0, 0.05) is 13.5 Å². The van der Waals surface area contributed by atoms with E-state index in [0.29, 0.717) is 0 Å². The fourth-order valence-electron chi connectivity index (χ4n) is 2.25. The van der Waals surface area contributed by atoms with E-state index in [2.05, 4.69) is 0 Å². The molecule has 0 aromatic heterocycles. The van der Waals surface area contributed by atoms with E-state index < -0.39 is 5.79 Å². The van der Waals surface area contributed by atoms with Gasteiger partial charge in [0.1, 0.15) is 6.10 Å². The van der Waals surface area contributed by atoms with Crippen LogP contribution in [0.25, 0.3) is 0 Å². The standard InChI is InChI=1S/C14H19NO3/c1-4-14(17)13(16)15(3)10(2)12(18-14)11-8-6-5-7-9-11/h5-10,12,17H,4H2,1-3H3/t10-,12-,14-/m0/s1. The van der Waals surface area contributed by atoms with E-state index in [9.17, 15) is 9.90 Å². The zero-order chi connectivity index (χ0) is 13.3. The van der Waals surface area contributed by atoms with Crippen LogP contribution in [0.4, 0.5) is 0 Å². The van der Waals surface area contributed by atoms with E-state index in [1.165, 1.54) is 0 Å². The predicted octanol–water partition coefficient (Wildman–Crippen LogP) is 1.70. The van der Waals surface area contributed by atoms with Gasteiger partial charge in [0.25, 0.3) is 5.91 Å². The predicted molar refractivity (Wildman–Crippen MR) is 67.7 cm³/mol. The van der Waals surface area contributed by atoms with Crippen molar-refractivity contribution in [3.63, 3.8) is 0 Å². The van der Waals surface area contributed by atoms with Crippen molar-refractivity contribution in [2.45, 2.75) is 38.2 Å². The summed E-state index contributed by atoms with van der Waals surface area (Å²) in [4.78, 5) is 13.6. The van der Waals surface area contributed by atoms with Crippen molar-refractivity contribution in [1.29, 1.82) is 0 Å². The molecule has 0 aliphatic carbocycles. The van der Waals surface area contributed by atoms with Crippen molar-refractivity contribution < 1.29 is 14.6 Å². The third-order valence-electron chi connectivity index (χ3n) is 3.63. The molecule has 0 unspecified atom stereocenters. The number of carbonyl (C=O) groups is 1. The van der Waals surface area contributed by atoms with Gasteiger partial charge < -0.3 is 14.7 Å². The molecule has 0 bridgehead atoms. The van der Waals surface area contributed by atoms with E-state index in [0.717, 1.165) is 5.56 Å². The quantitative estimate of drug-likeness (QED) is 0.868. The molecule has 1 saturated heterocycles. The van der Waals surface area contributed by atoms with Gasteiger partial charge >= 0.3 is 0 Å². The van der Waals surface area contributed by atoms with Crippen LogP contribution in [-0.4, -0.2) is 34.8 Å². The Hall–Kier alpha value is -1.39. The molecule has 2 rings (SSSR count). The van der Waals surface area contributed by atoms with Crippen LogP contribution in [0.3, 0.4) is 0 Å². The molecule has 4 heteroatoms. The third kappa shape index (κ3) is 2.02. The van der Waals surface area contributed by atoms with Gasteiger partial charge in [-0.05, 0) is 12.5 Å². The van der Waals surface area contributed by atoms with E-state index in [-0.39, 0.29) is 24.5 Å². The van der Waals surface area contributed by atoms with Crippen LogP contribution in [0, 0.1) is 0 Å². The van der Waals surface area contributed by atoms with Crippen LogP contribution in [0.15, 0.2) is 30.3 Å². The lowest BCUT2D eigenvalue weighted by atomic mass is 9.97. The van der Waals surface area contributed by atoms with Gasteiger partial charge in [0.05, 0.1) is 6.04 Å². The van der Waals surface area contributed by atoms with Gasteiger partial charge in [-0.15, -0.1) is 0 Å². The van der Waals surface area contributed by atoms with Crippen molar-refractivity contribution in [3.05, 3.63) is 35.9 Å². The lowest BCUT2D eigenvalue weighted by Crippen LogP contribution is -2.59. The number of hydrogen-bond acceptors (Lipinski definition) is 3. The lowest BCUT2D eigenvalue weighted by molar-refractivity contribution is -0.264. The summed E-state index contributed by atoms with van der Waals surface area (Å²) in [7, 11) is 1.70. The Labute approximate surface area is 107 Å². The summed E-state index contributed by atoms with van der Waals surface area (Å²) in [6, 6.07) is 9.56. The minimum absolute atomic E-state index is 0.105. The zero-order valence-corrected chi connectivity index (χ0v) is 11.0. The summed E-state index contributed by atoms with van der Waals surface area (Å²) in [5.41, 5.74) is 0.969. The maximum absolute atomic E-state index is 12.0. The summed E-state index contributed by atoms with van der Waals surface area (Å²) in [5, 5.41) is 10.3. The Morgan fingerprint density at radius 3 is 2.56 bits per heavy atom. The van der Waals surface area contributed by atoms with Gasteiger partial charge in [-0.2, -0.15) is 0 Å². The molecule has 98 valence electrons. The molecular weight excluding hydrogens is 230 g/mol. The molecule has 3 atom stereocenters. The van der Waals surface area contributed by atoms with Gasteiger partial charge in [0.2, 0.25) is 5.79 Å². The smallest absolute Gasteiger partial charge is 0.282 e. The average Bonchev–Trinajstić information content (AvgIpc) is 2.41. The maximum Gasteiger partial charge on any atom is 0.282 e. The molecule has 4 nitrogen and oxygen atoms in total. The van der Waals surface area contributed by atoms with Crippen LogP contribution in [0.1, 0.15) is 31.9 Å². The third-order valence-corrected chi connectivity index (χ3v) is 3.63. The van der Waals surface area contributed by atoms with Crippen molar-refractivity contribution in [1.82, 2.24) is 4.90 Å². The van der Waals surface area contributed by atoms with E-state index in [1.54, 1.807) is 18.9 Å². The van der Waals surface area contributed by atoms with Crippen molar-refractivity contribution in [2.75, 3.05) is 7.05 Å². The number of amides is 1. The average molecular weight is 249 g/mol. The summed E-state index contributed by atoms with van der Waals surface area (Å²) in [6.45, 7) is 3.66. The van der Waals surface area contributed by atoms with Crippen LogP contribution in [-0.2, 0) is 9.53 Å².